The van der Waals surface area contributed by atoms with Crippen molar-refractivity contribution in [3.05, 3.63) is 24.3 Å². The molecule has 0 heterocycles. The van der Waals surface area contributed by atoms with Crippen molar-refractivity contribution in [2.75, 3.05) is 19.4 Å². The SMILES string of the molecule is CCCCCNC(=S)NNC(=O)CSc1ccc(OC)cc1. The van der Waals surface area contributed by atoms with Crippen LogP contribution in [-0.4, -0.2) is 30.4 Å². The van der Waals surface area contributed by atoms with E-state index in [0.29, 0.717) is 10.9 Å². The number of rotatable bonds is 8. The largest absolute Gasteiger partial charge is 0.497 e. The topological polar surface area (TPSA) is 62.4 Å². The Labute approximate surface area is 141 Å². The highest BCUT2D eigenvalue weighted by molar-refractivity contribution is 8.00. The maximum Gasteiger partial charge on any atom is 0.248 e. The van der Waals surface area contributed by atoms with Crippen molar-refractivity contribution in [3.63, 3.8) is 0 Å². The normalized spacial score (nSPS) is 9.91. The minimum absolute atomic E-state index is 0.126. The number of hydrogen-bond donors (Lipinski definition) is 3. The van der Waals surface area contributed by atoms with Crippen LogP contribution < -0.4 is 20.9 Å². The number of unbranched alkanes of at least 4 members (excludes halogenated alkanes) is 2. The Morgan fingerprint density at radius 2 is 1.95 bits per heavy atom. The highest BCUT2D eigenvalue weighted by Gasteiger charge is 2.03. The van der Waals surface area contributed by atoms with E-state index in [9.17, 15) is 4.79 Å². The summed E-state index contributed by atoms with van der Waals surface area (Å²) in [6.07, 6.45) is 3.40. The molecule has 0 aromatic heterocycles. The third kappa shape index (κ3) is 8.09. The quantitative estimate of drug-likeness (QED) is 0.292. The smallest absolute Gasteiger partial charge is 0.248 e. The van der Waals surface area contributed by atoms with Crippen molar-refractivity contribution in [1.82, 2.24) is 16.2 Å². The number of methoxy groups -OCH3 is 1. The van der Waals surface area contributed by atoms with Crippen LogP contribution in [-0.2, 0) is 4.79 Å². The van der Waals surface area contributed by atoms with Crippen LogP contribution in [0.4, 0.5) is 0 Å². The van der Waals surface area contributed by atoms with E-state index in [1.165, 1.54) is 24.6 Å². The van der Waals surface area contributed by atoms with E-state index in [2.05, 4.69) is 23.1 Å². The van der Waals surface area contributed by atoms with Gasteiger partial charge in [0.15, 0.2) is 5.11 Å². The molecule has 22 heavy (non-hydrogen) atoms. The number of thiocarbonyl (C=S) groups is 1. The van der Waals surface area contributed by atoms with E-state index >= 15 is 0 Å². The Morgan fingerprint density at radius 1 is 1.23 bits per heavy atom. The zero-order chi connectivity index (χ0) is 16.2. The number of hydrazine groups is 1. The van der Waals surface area contributed by atoms with Gasteiger partial charge < -0.3 is 10.1 Å². The first kappa shape index (κ1) is 18.6. The molecule has 1 aromatic carbocycles. The molecule has 0 bridgehead atoms. The summed E-state index contributed by atoms with van der Waals surface area (Å²) in [5.74, 6) is 0.992. The van der Waals surface area contributed by atoms with E-state index in [-0.39, 0.29) is 5.91 Å². The van der Waals surface area contributed by atoms with Gasteiger partial charge in [-0.05, 0) is 42.9 Å². The lowest BCUT2D eigenvalue weighted by molar-refractivity contribution is -0.119. The van der Waals surface area contributed by atoms with Gasteiger partial charge in [-0.2, -0.15) is 0 Å². The van der Waals surface area contributed by atoms with Crippen molar-refractivity contribution in [1.29, 1.82) is 0 Å². The molecule has 0 aliphatic carbocycles. The molecule has 0 fully saturated rings. The van der Waals surface area contributed by atoms with Gasteiger partial charge >= 0.3 is 0 Å². The summed E-state index contributed by atoms with van der Waals surface area (Å²) in [6, 6.07) is 7.58. The van der Waals surface area contributed by atoms with Crippen LogP contribution in [0.15, 0.2) is 29.2 Å². The van der Waals surface area contributed by atoms with Crippen molar-refractivity contribution in [2.45, 2.75) is 31.1 Å². The monoisotopic (exact) mass is 341 g/mol. The number of carbonyl (C=O) groups is 1. The second kappa shape index (κ2) is 11.1. The van der Waals surface area contributed by atoms with Gasteiger partial charge in [0.05, 0.1) is 12.9 Å². The van der Waals surface area contributed by atoms with Crippen LogP contribution in [0.25, 0.3) is 0 Å². The van der Waals surface area contributed by atoms with Crippen LogP contribution >= 0.6 is 24.0 Å². The summed E-state index contributed by atoms with van der Waals surface area (Å²) in [6.45, 7) is 2.97. The van der Waals surface area contributed by atoms with Crippen LogP contribution in [0.2, 0.25) is 0 Å². The molecular weight excluding hydrogens is 318 g/mol. The Kier molecular flexibility index (Phi) is 9.41. The Balaban J connectivity index is 2.16. The lowest BCUT2D eigenvalue weighted by Crippen LogP contribution is -2.47. The number of ether oxygens (including phenoxy) is 1. The number of nitrogens with one attached hydrogen (secondary N) is 3. The van der Waals surface area contributed by atoms with Gasteiger partial charge in [-0.3, -0.25) is 15.6 Å². The second-order valence-corrected chi connectivity index (χ2v) is 6.06. The summed E-state index contributed by atoms with van der Waals surface area (Å²) in [5, 5.41) is 3.49. The third-order valence-electron chi connectivity index (χ3n) is 2.81. The fourth-order valence-electron chi connectivity index (χ4n) is 1.60. The lowest BCUT2D eigenvalue weighted by atomic mass is 10.2. The summed E-state index contributed by atoms with van der Waals surface area (Å²) in [7, 11) is 1.63. The van der Waals surface area contributed by atoms with Gasteiger partial charge in [0.2, 0.25) is 5.91 Å². The molecule has 1 aromatic rings. The van der Waals surface area contributed by atoms with E-state index in [4.69, 9.17) is 17.0 Å². The zero-order valence-corrected chi connectivity index (χ0v) is 14.6. The minimum Gasteiger partial charge on any atom is -0.497 e. The van der Waals surface area contributed by atoms with E-state index in [1.54, 1.807) is 7.11 Å². The van der Waals surface area contributed by atoms with Gasteiger partial charge in [0, 0.05) is 11.4 Å². The van der Waals surface area contributed by atoms with E-state index in [0.717, 1.165) is 23.6 Å². The zero-order valence-electron chi connectivity index (χ0n) is 13.0. The van der Waals surface area contributed by atoms with Crippen LogP contribution in [0, 0.1) is 0 Å². The molecule has 0 saturated heterocycles. The van der Waals surface area contributed by atoms with Gasteiger partial charge in [0.25, 0.3) is 0 Å². The fraction of sp³-hybridized carbons (Fsp3) is 0.467. The van der Waals surface area contributed by atoms with Gasteiger partial charge in [-0.1, -0.05) is 19.8 Å². The molecule has 5 nitrogen and oxygen atoms in total. The van der Waals surface area contributed by atoms with Crippen LogP contribution in [0.1, 0.15) is 26.2 Å². The predicted molar refractivity (Wildman–Crippen MR) is 95.1 cm³/mol. The van der Waals surface area contributed by atoms with Gasteiger partial charge in [-0.25, -0.2) is 0 Å². The lowest BCUT2D eigenvalue weighted by Gasteiger charge is -2.11. The Morgan fingerprint density at radius 3 is 2.59 bits per heavy atom. The molecular formula is C15H23N3O2S2. The summed E-state index contributed by atoms with van der Waals surface area (Å²) in [5.41, 5.74) is 5.28. The van der Waals surface area contributed by atoms with Crippen LogP contribution in [0.3, 0.4) is 0 Å². The molecule has 0 unspecified atom stereocenters. The maximum absolute atomic E-state index is 11.7. The Hall–Kier alpha value is -1.47. The average Bonchev–Trinajstić information content (AvgIpc) is 2.55. The highest BCUT2D eigenvalue weighted by atomic mass is 32.2. The van der Waals surface area contributed by atoms with E-state index < -0.39 is 0 Å². The standard InChI is InChI=1S/C15H23N3O2S2/c1-3-4-5-10-16-15(21)18-17-14(19)11-22-13-8-6-12(20-2)7-9-13/h6-9H,3-5,10-11H2,1-2H3,(H,17,19)(H2,16,18,21). The first-order chi connectivity index (χ1) is 10.7. The molecule has 3 N–H and O–H groups in total. The number of carbonyl (C=O) groups excluding carboxylic acids is 1. The second-order valence-electron chi connectivity index (χ2n) is 4.60. The molecule has 0 saturated carbocycles. The molecule has 0 atom stereocenters. The van der Waals surface area contributed by atoms with Crippen molar-refractivity contribution >= 4 is 35.0 Å². The fourth-order valence-corrected chi connectivity index (χ4v) is 2.46. The molecule has 0 radical (unpaired) electrons. The summed E-state index contributed by atoms with van der Waals surface area (Å²) >= 11 is 6.52. The van der Waals surface area contributed by atoms with Crippen molar-refractivity contribution in [2.24, 2.45) is 0 Å². The van der Waals surface area contributed by atoms with Gasteiger partial charge in [0.1, 0.15) is 5.75 Å². The van der Waals surface area contributed by atoms with Crippen LogP contribution in [0.5, 0.6) is 5.75 Å². The van der Waals surface area contributed by atoms with Gasteiger partial charge in [-0.15, -0.1) is 11.8 Å². The molecule has 0 spiro atoms. The molecule has 122 valence electrons. The summed E-state index contributed by atoms with van der Waals surface area (Å²) < 4.78 is 5.09. The summed E-state index contributed by atoms with van der Waals surface area (Å²) in [4.78, 5) is 12.7. The third-order valence-corrected chi connectivity index (χ3v) is 4.07. The number of benzene rings is 1. The molecule has 1 rings (SSSR count). The number of thioether (sulfide) groups is 1. The minimum atomic E-state index is -0.126. The molecule has 0 aliphatic heterocycles. The van der Waals surface area contributed by atoms with Crippen molar-refractivity contribution in [3.8, 4) is 5.75 Å². The molecule has 1 amide bonds. The van der Waals surface area contributed by atoms with E-state index in [1.807, 2.05) is 24.3 Å². The van der Waals surface area contributed by atoms with Crippen molar-refractivity contribution < 1.29 is 9.53 Å². The molecule has 7 heteroatoms. The Bertz CT molecular complexity index is 466. The molecule has 0 aliphatic rings. The average molecular weight is 342 g/mol. The highest BCUT2D eigenvalue weighted by Crippen LogP contribution is 2.20. The number of amides is 1. The first-order valence-corrected chi connectivity index (χ1v) is 8.64. The first-order valence-electron chi connectivity index (χ1n) is 7.25. The maximum atomic E-state index is 11.7. The predicted octanol–water partition coefficient (Wildman–Crippen LogP) is 2.47. The number of hydrogen-bond acceptors (Lipinski definition) is 4.